The molecule has 1 aliphatic carbocycles. The van der Waals surface area contributed by atoms with E-state index < -0.39 is 17.2 Å². The van der Waals surface area contributed by atoms with Crippen LogP contribution in [-0.4, -0.2) is 32.9 Å². The fourth-order valence-corrected chi connectivity index (χ4v) is 5.91. The Hall–Kier alpha value is -2.50. The fraction of sp³-hybridized carbons (Fsp3) is 0.500. The standard InChI is InChI=1S/C28H35NO4/c1-6-23-17(2)15-28(32)25(18(3)33-26(28)30)24(23)13-12-22-11-10-20(16-29-22)19-8-7-9-21(14-19)27(4,5)31/h7-14,16-18,23-25,31-32H,6,15H2,1-5H3/b13-12+/t17?,18-,23?,24?,25?,28?/m1/s1. The third-order valence-electron chi connectivity index (χ3n) is 7.63. The summed E-state index contributed by atoms with van der Waals surface area (Å²) in [5.74, 6) is -0.0913. The number of hydrogen-bond acceptors (Lipinski definition) is 5. The normalized spacial score (nSPS) is 32.1. The summed E-state index contributed by atoms with van der Waals surface area (Å²) in [6, 6.07) is 11.9. The molecule has 33 heavy (non-hydrogen) atoms. The van der Waals surface area contributed by atoms with Crippen molar-refractivity contribution < 1.29 is 19.7 Å². The number of allylic oxidation sites excluding steroid dienone is 1. The first kappa shape index (κ1) is 23.7. The first-order valence-corrected chi connectivity index (χ1v) is 12.0. The van der Waals surface area contributed by atoms with Crippen LogP contribution in [0.15, 0.2) is 48.7 Å². The van der Waals surface area contributed by atoms with Crippen LogP contribution in [0.2, 0.25) is 0 Å². The van der Waals surface area contributed by atoms with Gasteiger partial charge >= 0.3 is 5.97 Å². The quantitative estimate of drug-likeness (QED) is 0.631. The number of fused-ring (bicyclic) bond motifs is 1. The Bertz CT molecular complexity index is 1040. The molecule has 2 aromatic rings. The lowest BCUT2D eigenvalue weighted by atomic mass is 9.59. The molecule has 0 bridgehead atoms. The van der Waals surface area contributed by atoms with Crippen molar-refractivity contribution in [3.8, 4) is 11.1 Å². The first-order valence-electron chi connectivity index (χ1n) is 12.0. The molecule has 2 aliphatic rings. The lowest BCUT2D eigenvalue weighted by Crippen LogP contribution is -2.53. The molecule has 1 saturated heterocycles. The highest BCUT2D eigenvalue weighted by atomic mass is 16.6. The summed E-state index contributed by atoms with van der Waals surface area (Å²) in [7, 11) is 0. The maximum absolute atomic E-state index is 12.4. The van der Waals surface area contributed by atoms with Crippen molar-refractivity contribution in [3.63, 3.8) is 0 Å². The molecule has 5 unspecified atom stereocenters. The van der Waals surface area contributed by atoms with Gasteiger partial charge in [0.25, 0.3) is 0 Å². The third-order valence-corrected chi connectivity index (χ3v) is 7.63. The summed E-state index contributed by atoms with van der Waals surface area (Å²) in [6.45, 7) is 9.73. The zero-order valence-corrected chi connectivity index (χ0v) is 20.2. The van der Waals surface area contributed by atoms with Gasteiger partial charge in [-0.2, -0.15) is 0 Å². The zero-order chi connectivity index (χ0) is 24.0. The van der Waals surface area contributed by atoms with Gasteiger partial charge in [0.1, 0.15) is 6.10 Å². The molecule has 0 radical (unpaired) electrons. The minimum atomic E-state index is -1.40. The van der Waals surface area contributed by atoms with Crippen LogP contribution >= 0.6 is 0 Å². The van der Waals surface area contributed by atoms with Gasteiger partial charge in [-0.25, -0.2) is 4.79 Å². The van der Waals surface area contributed by atoms with E-state index in [2.05, 4.69) is 24.9 Å². The minimum absolute atomic E-state index is 0.0372. The summed E-state index contributed by atoms with van der Waals surface area (Å²) >= 11 is 0. The van der Waals surface area contributed by atoms with Crippen LogP contribution in [-0.2, 0) is 15.1 Å². The van der Waals surface area contributed by atoms with Crippen molar-refractivity contribution in [2.45, 2.75) is 64.8 Å². The molecule has 5 nitrogen and oxygen atoms in total. The van der Waals surface area contributed by atoms with Crippen molar-refractivity contribution >= 4 is 12.0 Å². The van der Waals surface area contributed by atoms with Crippen LogP contribution in [0.4, 0.5) is 0 Å². The second-order valence-corrected chi connectivity index (χ2v) is 10.4. The second kappa shape index (κ2) is 8.69. The van der Waals surface area contributed by atoms with E-state index in [1.165, 1.54) is 0 Å². The van der Waals surface area contributed by atoms with Gasteiger partial charge < -0.3 is 14.9 Å². The smallest absolute Gasteiger partial charge is 0.338 e. The SMILES string of the molecule is CCC1C(C)CC2(O)C(=O)O[C@H](C)C2C1/C=C/c1ccc(-c2cccc(C(C)(C)O)c2)cn1. The number of cyclic esters (lactones) is 1. The number of ether oxygens (including phenoxy) is 1. The predicted molar refractivity (Wildman–Crippen MR) is 129 cm³/mol. The number of pyridine rings is 1. The molecular weight excluding hydrogens is 414 g/mol. The number of carbonyl (C=O) groups is 1. The van der Waals surface area contributed by atoms with Crippen LogP contribution < -0.4 is 0 Å². The summed E-state index contributed by atoms with van der Waals surface area (Å²) in [4.78, 5) is 17.1. The number of hydrogen-bond donors (Lipinski definition) is 2. The van der Waals surface area contributed by atoms with E-state index in [1.807, 2.05) is 55.6 Å². The average Bonchev–Trinajstić information content (AvgIpc) is 2.99. The number of esters is 1. The lowest BCUT2D eigenvalue weighted by molar-refractivity contribution is -0.160. The minimum Gasteiger partial charge on any atom is -0.460 e. The molecule has 1 aromatic carbocycles. The number of rotatable bonds is 5. The van der Waals surface area contributed by atoms with Gasteiger partial charge in [0.2, 0.25) is 0 Å². The van der Waals surface area contributed by atoms with Gasteiger partial charge in [0, 0.05) is 17.7 Å². The molecule has 4 rings (SSSR count). The van der Waals surface area contributed by atoms with Gasteiger partial charge in [-0.3, -0.25) is 4.98 Å². The molecule has 2 N–H and O–H groups in total. The summed E-state index contributed by atoms with van der Waals surface area (Å²) in [6.07, 6.45) is 7.09. The number of nitrogens with zero attached hydrogens (tertiary/aromatic N) is 1. The second-order valence-electron chi connectivity index (χ2n) is 10.4. The summed E-state index contributed by atoms with van der Waals surface area (Å²) in [5.41, 5.74) is 1.37. The third kappa shape index (κ3) is 4.36. The Morgan fingerprint density at radius 1 is 1.21 bits per heavy atom. The van der Waals surface area contributed by atoms with Crippen LogP contribution in [0.3, 0.4) is 0 Å². The highest BCUT2D eigenvalue weighted by Crippen LogP contribution is 2.52. The van der Waals surface area contributed by atoms with Crippen molar-refractivity contribution in [1.82, 2.24) is 4.98 Å². The maximum atomic E-state index is 12.4. The highest BCUT2D eigenvalue weighted by molar-refractivity contribution is 5.82. The van der Waals surface area contributed by atoms with Gasteiger partial charge in [0.05, 0.1) is 11.3 Å². The molecule has 5 heteroatoms. The van der Waals surface area contributed by atoms with Crippen molar-refractivity contribution in [2.24, 2.45) is 23.7 Å². The molecule has 0 spiro atoms. The Morgan fingerprint density at radius 2 is 1.97 bits per heavy atom. The van der Waals surface area contributed by atoms with Gasteiger partial charge in [-0.1, -0.05) is 50.6 Å². The molecule has 1 aromatic heterocycles. The van der Waals surface area contributed by atoms with Gasteiger partial charge in [-0.05, 0) is 74.3 Å². The van der Waals surface area contributed by atoms with E-state index in [-0.39, 0.29) is 23.9 Å². The van der Waals surface area contributed by atoms with E-state index in [9.17, 15) is 15.0 Å². The number of aliphatic hydroxyl groups is 2. The lowest BCUT2D eigenvalue weighted by Gasteiger charge is -2.45. The van der Waals surface area contributed by atoms with E-state index in [0.717, 1.165) is 28.8 Å². The van der Waals surface area contributed by atoms with Crippen LogP contribution in [0.1, 0.15) is 58.7 Å². The molecule has 1 saturated carbocycles. The molecule has 0 amide bonds. The fourth-order valence-electron chi connectivity index (χ4n) is 5.91. The molecular formula is C28H35NO4. The largest absolute Gasteiger partial charge is 0.460 e. The predicted octanol–water partition coefficient (Wildman–Crippen LogP) is 4.96. The molecule has 176 valence electrons. The van der Waals surface area contributed by atoms with Gasteiger partial charge in [-0.15, -0.1) is 0 Å². The van der Waals surface area contributed by atoms with Crippen molar-refractivity contribution in [2.75, 3.05) is 0 Å². The maximum Gasteiger partial charge on any atom is 0.338 e. The Labute approximate surface area is 196 Å². The molecule has 2 heterocycles. The molecule has 6 atom stereocenters. The Kier molecular flexibility index (Phi) is 6.23. The van der Waals surface area contributed by atoms with Crippen LogP contribution in [0.25, 0.3) is 17.2 Å². The Balaban J connectivity index is 1.59. The summed E-state index contributed by atoms with van der Waals surface area (Å²) < 4.78 is 5.48. The topological polar surface area (TPSA) is 79.7 Å². The molecule has 2 fully saturated rings. The van der Waals surface area contributed by atoms with Gasteiger partial charge in [0.15, 0.2) is 5.60 Å². The first-order chi connectivity index (χ1) is 15.5. The van der Waals surface area contributed by atoms with E-state index in [1.54, 1.807) is 13.8 Å². The number of benzene rings is 1. The summed E-state index contributed by atoms with van der Waals surface area (Å²) in [5, 5.41) is 21.5. The van der Waals surface area contributed by atoms with Crippen molar-refractivity contribution in [1.29, 1.82) is 0 Å². The Morgan fingerprint density at radius 3 is 2.61 bits per heavy atom. The molecule has 1 aliphatic heterocycles. The van der Waals surface area contributed by atoms with Crippen LogP contribution in [0.5, 0.6) is 0 Å². The monoisotopic (exact) mass is 449 g/mol. The zero-order valence-electron chi connectivity index (χ0n) is 20.2. The van der Waals surface area contributed by atoms with E-state index >= 15 is 0 Å². The van der Waals surface area contributed by atoms with E-state index in [0.29, 0.717) is 12.3 Å². The highest BCUT2D eigenvalue weighted by Gasteiger charge is 2.62. The average molecular weight is 450 g/mol. The van der Waals surface area contributed by atoms with E-state index in [4.69, 9.17) is 4.74 Å². The number of aromatic nitrogens is 1. The van der Waals surface area contributed by atoms with Crippen molar-refractivity contribution in [3.05, 3.63) is 59.9 Å². The number of carbonyl (C=O) groups excluding carboxylic acids is 1. The van der Waals surface area contributed by atoms with Crippen LogP contribution in [0, 0.1) is 23.7 Å².